The monoisotopic (exact) mass is 474 g/mol. The van der Waals surface area contributed by atoms with E-state index in [4.69, 9.17) is 9.15 Å². The summed E-state index contributed by atoms with van der Waals surface area (Å²) in [7, 11) is 2.95. The summed E-state index contributed by atoms with van der Waals surface area (Å²) < 4.78 is 16.7. The number of para-hydroxylation sites is 1. The summed E-state index contributed by atoms with van der Waals surface area (Å²) in [6.45, 7) is 1.96. The number of aryl methyl sites for hydroxylation is 2. The summed E-state index contributed by atoms with van der Waals surface area (Å²) in [6, 6.07) is 12.9. The highest BCUT2D eigenvalue weighted by atomic mass is 16.5. The predicted octanol–water partition coefficient (Wildman–Crippen LogP) is 2.04. The highest BCUT2D eigenvalue weighted by Crippen LogP contribution is 2.26. The van der Waals surface area contributed by atoms with Crippen molar-refractivity contribution in [2.45, 2.75) is 13.5 Å². The van der Waals surface area contributed by atoms with Crippen LogP contribution in [0.1, 0.15) is 16.1 Å². The Morgan fingerprint density at radius 2 is 1.83 bits per heavy atom. The molecule has 0 radical (unpaired) electrons. The highest BCUT2D eigenvalue weighted by Gasteiger charge is 2.22. The van der Waals surface area contributed by atoms with E-state index in [0.29, 0.717) is 17.2 Å². The van der Waals surface area contributed by atoms with E-state index in [1.54, 1.807) is 34.6 Å². The maximum absolute atomic E-state index is 13.0. The lowest BCUT2D eigenvalue weighted by atomic mass is 10.2. The number of carbonyl (C=O) groups excluding carboxylic acids is 1. The molecular weight excluding hydrogens is 452 g/mol. The average molecular weight is 474 g/mol. The molecule has 0 aliphatic carbocycles. The van der Waals surface area contributed by atoms with Crippen molar-refractivity contribution in [3.63, 3.8) is 0 Å². The predicted molar refractivity (Wildman–Crippen MR) is 127 cm³/mol. The molecule has 0 fully saturated rings. The van der Waals surface area contributed by atoms with Crippen molar-refractivity contribution in [1.29, 1.82) is 0 Å². The third-order valence-electron chi connectivity index (χ3n) is 5.71. The molecule has 0 saturated carbocycles. The van der Waals surface area contributed by atoms with E-state index < -0.39 is 17.2 Å². The van der Waals surface area contributed by atoms with Gasteiger partial charge in [-0.2, -0.15) is 5.10 Å². The van der Waals surface area contributed by atoms with Gasteiger partial charge in [0, 0.05) is 20.3 Å². The third kappa shape index (κ3) is 3.86. The second kappa shape index (κ2) is 8.60. The van der Waals surface area contributed by atoms with Crippen LogP contribution in [0, 0.1) is 6.92 Å². The lowest BCUT2D eigenvalue weighted by Gasteiger charge is -2.07. The fraction of sp³-hybridized carbons (Fsp3) is 0.208. The van der Waals surface area contributed by atoms with Gasteiger partial charge in [0.2, 0.25) is 0 Å². The van der Waals surface area contributed by atoms with Crippen LogP contribution in [0.2, 0.25) is 0 Å². The molecule has 11 nitrogen and oxygen atoms in total. The molecule has 0 unspecified atom stereocenters. The fourth-order valence-corrected chi connectivity index (χ4v) is 3.86. The number of aromatic nitrogens is 6. The topological polar surface area (TPSA) is 119 Å². The Labute approximate surface area is 198 Å². The zero-order valence-electron chi connectivity index (χ0n) is 19.3. The van der Waals surface area contributed by atoms with E-state index in [1.165, 1.54) is 17.9 Å². The van der Waals surface area contributed by atoms with Crippen molar-refractivity contribution in [3.8, 4) is 17.1 Å². The molecule has 11 heteroatoms. The van der Waals surface area contributed by atoms with Gasteiger partial charge >= 0.3 is 11.7 Å². The van der Waals surface area contributed by atoms with Crippen LogP contribution in [0.25, 0.3) is 28.3 Å². The first-order valence-corrected chi connectivity index (χ1v) is 10.8. The Bertz CT molecular complexity index is 1670. The molecule has 0 atom stereocenters. The zero-order valence-corrected chi connectivity index (χ0v) is 19.3. The van der Waals surface area contributed by atoms with Crippen molar-refractivity contribution >= 4 is 17.1 Å². The van der Waals surface area contributed by atoms with Crippen molar-refractivity contribution in [2.24, 2.45) is 14.1 Å². The van der Waals surface area contributed by atoms with E-state index in [-0.39, 0.29) is 29.9 Å². The van der Waals surface area contributed by atoms with Crippen LogP contribution in [0.5, 0.6) is 0 Å². The molecule has 0 aliphatic heterocycles. The molecule has 0 spiro atoms. The molecule has 35 heavy (non-hydrogen) atoms. The van der Waals surface area contributed by atoms with E-state index in [1.807, 2.05) is 37.3 Å². The zero-order chi connectivity index (χ0) is 24.7. The summed E-state index contributed by atoms with van der Waals surface area (Å²) in [4.78, 5) is 41.9. The molecule has 1 aromatic carbocycles. The quantitative estimate of drug-likeness (QED) is 0.346. The number of hydrogen-bond acceptors (Lipinski definition) is 7. The van der Waals surface area contributed by atoms with Crippen LogP contribution in [0.15, 0.2) is 69.0 Å². The van der Waals surface area contributed by atoms with E-state index >= 15 is 0 Å². The number of rotatable bonds is 6. The van der Waals surface area contributed by atoms with Gasteiger partial charge in [-0.3, -0.25) is 13.9 Å². The number of hydrogen-bond donors (Lipinski definition) is 0. The minimum Gasteiger partial charge on any atom is -0.460 e. The van der Waals surface area contributed by atoms with Crippen molar-refractivity contribution in [3.05, 3.63) is 87.2 Å². The van der Waals surface area contributed by atoms with E-state index in [0.717, 1.165) is 10.3 Å². The number of fused-ring (bicyclic) bond motifs is 1. The Morgan fingerprint density at radius 3 is 2.54 bits per heavy atom. The third-order valence-corrected chi connectivity index (χ3v) is 5.71. The first-order chi connectivity index (χ1) is 16.8. The molecule has 0 aliphatic rings. The summed E-state index contributed by atoms with van der Waals surface area (Å²) in [5.74, 6) is 0.562. The lowest BCUT2D eigenvalue weighted by molar-refractivity contribution is 0.0493. The van der Waals surface area contributed by atoms with Crippen LogP contribution in [0.3, 0.4) is 0 Å². The van der Waals surface area contributed by atoms with Gasteiger partial charge in [0.1, 0.15) is 23.6 Å². The molecule has 5 rings (SSSR count). The summed E-state index contributed by atoms with van der Waals surface area (Å²) in [5.41, 5.74) is 0.989. The minimum atomic E-state index is -0.582. The number of furan rings is 1. The molecule has 4 heterocycles. The molecule has 4 aromatic heterocycles. The van der Waals surface area contributed by atoms with Gasteiger partial charge in [-0.25, -0.2) is 19.3 Å². The van der Waals surface area contributed by atoms with Gasteiger partial charge in [0.25, 0.3) is 5.56 Å². The van der Waals surface area contributed by atoms with Crippen LogP contribution in [-0.4, -0.2) is 41.0 Å². The molecule has 5 aromatic rings. The van der Waals surface area contributed by atoms with Crippen molar-refractivity contribution < 1.29 is 13.9 Å². The van der Waals surface area contributed by atoms with Crippen LogP contribution in [-0.2, 0) is 25.4 Å². The second-order valence-corrected chi connectivity index (χ2v) is 8.03. The average Bonchev–Trinajstić information content (AvgIpc) is 3.60. The number of ether oxygens (including phenoxy) is 1. The number of imidazole rings is 1. The molecule has 0 amide bonds. The maximum Gasteiger partial charge on any atom is 0.342 e. The first kappa shape index (κ1) is 22.1. The SMILES string of the molecule is Cc1ccc(-c2nn(-c3ccccc3)cc2C(=O)OCCn2cnc3c2c(=O)n(C)c(=O)n3C)o1. The van der Waals surface area contributed by atoms with E-state index in [9.17, 15) is 14.4 Å². The van der Waals surface area contributed by atoms with Gasteiger partial charge in [-0.05, 0) is 31.2 Å². The van der Waals surface area contributed by atoms with Crippen LogP contribution in [0.4, 0.5) is 0 Å². The van der Waals surface area contributed by atoms with Gasteiger partial charge in [0.15, 0.2) is 16.9 Å². The second-order valence-electron chi connectivity index (χ2n) is 8.03. The standard InChI is InChI=1S/C24H22N6O5/c1-15-9-10-18(35-15)19-17(13-30(26-19)16-7-5-4-6-8-16)23(32)34-12-11-29-14-25-21-20(29)22(31)28(3)24(33)27(21)2/h4-10,13-14H,11-12H2,1-3H3. The Morgan fingerprint density at radius 1 is 1.06 bits per heavy atom. The molecular formula is C24H22N6O5. The number of esters is 1. The lowest BCUT2D eigenvalue weighted by Crippen LogP contribution is -2.37. The maximum atomic E-state index is 13.0. The largest absolute Gasteiger partial charge is 0.460 e. The number of benzene rings is 1. The normalized spacial score (nSPS) is 11.3. The van der Waals surface area contributed by atoms with Gasteiger partial charge in [0.05, 0.1) is 18.6 Å². The van der Waals surface area contributed by atoms with Crippen molar-refractivity contribution in [2.75, 3.05) is 6.61 Å². The Balaban J connectivity index is 1.41. The van der Waals surface area contributed by atoms with Crippen LogP contribution >= 0.6 is 0 Å². The van der Waals surface area contributed by atoms with Crippen LogP contribution < -0.4 is 11.2 Å². The van der Waals surface area contributed by atoms with E-state index in [2.05, 4.69) is 10.1 Å². The molecule has 178 valence electrons. The number of nitrogens with zero attached hydrogens (tertiary/aromatic N) is 6. The summed E-state index contributed by atoms with van der Waals surface area (Å²) in [5, 5.41) is 4.55. The molecule has 0 saturated heterocycles. The van der Waals surface area contributed by atoms with Gasteiger partial charge < -0.3 is 13.7 Å². The highest BCUT2D eigenvalue weighted by molar-refractivity contribution is 5.95. The Hall–Kier alpha value is -4.67. The Kier molecular flexibility index (Phi) is 5.44. The summed E-state index contributed by atoms with van der Waals surface area (Å²) in [6.07, 6.45) is 3.05. The fourth-order valence-electron chi connectivity index (χ4n) is 3.86. The first-order valence-electron chi connectivity index (χ1n) is 10.8. The van der Waals surface area contributed by atoms with Crippen molar-refractivity contribution in [1.82, 2.24) is 28.5 Å². The molecule has 0 bridgehead atoms. The molecule has 0 N–H and O–H groups in total. The minimum absolute atomic E-state index is 0.0244. The van der Waals surface area contributed by atoms with Gasteiger partial charge in [-0.15, -0.1) is 0 Å². The van der Waals surface area contributed by atoms with Gasteiger partial charge in [-0.1, -0.05) is 18.2 Å². The summed E-state index contributed by atoms with van der Waals surface area (Å²) >= 11 is 0. The smallest absolute Gasteiger partial charge is 0.342 e. The number of carbonyl (C=O) groups is 1.